The molecule has 0 aromatic carbocycles. The number of hydrogen-bond donors (Lipinski definition) is 0. The Morgan fingerprint density at radius 2 is 2.00 bits per heavy atom. The normalized spacial score (nSPS) is 27.3. The van der Waals surface area contributed by atoms with E-state index < -0.39 is 0 Å². The highest BCUT2D eigenvalue weighted by Crippen LogP contribution is 2.25. The lowest BCUT2D eigenvalue weighted by Crippen LogP contribution is -2.15. The lowest BCUT2D eigenvalue weighted by atomic mass is 9.92. The molecule has 1 heteroatoms. The van der Waals surface area contributed by atoms with Crippen LogP contribution in [0.15, 0.2) is 11.1 Å². The first-order valence-electron chi connectivity index (χ1n) is 3.92. The van der Waals surface area contributed by atoms with Gasteiger partial charge in [0.1, 0.15) is 0 Å². The Morgan fingerprint density at radius 3 is 2.50 bits per heavy atom. The van der Waals surface area contributed by atoms with E-state index in [-0.39, 0.29) is 0 Å². The van der Waals surface area contributed by atoms with Crippen LogP contribution in [0.2, 0.25) is 0 Å². The molecule has 1 atom stereocenters. The first-order chi connectivity index (χ1) is 4.74. The largest absolute Gasteiger partial charge is 0.381 e. The van der Waals surface area contributed by atoms with Crippen molar-refractivity contribution >= 4 is 0 Å². The lowest BCUT2D eigenvalue weighted by molar-refractivity contribution is 0.0911. The molecule has 0 aromatic heterocycles. The predicted molar refractivity (Wildman–Crippen MR) is 43.0 cm³/mol. The minimum absolute atomic E-state index is 0.490. The van der Waals surface area contributed by atoms with E-state index in [1.165, 1.54) is 18.4 Å². The average Bonchev–Trinajstić information content (AvgIpc) is 1.95. The highest BCUT2D eigenvalue weighted by molar-refractivity contribution is 5.13. The van der Waals surface area contributed by atoms with Crippen LogP contribution in [-0.2, 0) is 4.74 Å². The van der Waals surface area contributed by atoms with Gasteiger partial charge in [-0.05, 0) is 33.1 Å². The van der Waals surface area contributed by atoms with Crippen molar-refractivity contribution < 1.29 is 4.74 Å². The third-order valence-corrected chi connectivity index (χ3v) is 2.44. The molecule has 10 heavy (non-hydrogen) atoms. The van der Waals surface area contributed by atoms with Gasteiger partial charge in [-0.2, -0.15) is 0 Å². The molecular formula is C9H16O. The minimum atomic E-state index is 0.490. The van der Waals surface area contributed by atoms with Gasteiger partial charge >= 0.3 is 0 Å². The first-order valence-corrected chi connectivity index (χ1v) is 3.92. The number of allylic oxidation sites excluding steroid dienone is 1. The van der Waals surface area contributed by atoms with E-state index in [1.807, 2.05) is 0 Å². The molecule has 0 aromatic rings. The Bertz CT molecular complexity index is 147. The monoisotopic (exact) mass is 140 g/mol. The average molecular weight is 140 g/mol. The van der Waals surface area contributed by atoms with Gasteiger partial charge in [-0.3, -0.25) is 0 Å². The summed E-state index contributed by atoms with van der Waals surface area (Å²) in [4.78, 5) is 0. The number of hydrogen-bond acceptors (Lipinski definition) is 1. The SMILES string of the molecule is COC1CCC(C)=C(C)C1. The Kier molecular flexibility index (Phi) is 2.50. The standard InChI is InChI=1S/C9H16O/c1-7-4-5-9(10-3)6-8(7)2/h9H,4-6H2,1-3H3. The fourth-order valence-electron chi connectivity index (χ4n) is 1.41. The molecule has 1 nitrogen and oxygen atoms in total. The van der Waals surface area contributed by atoms with Crippen LogP contribution in [0.25, 0.3) is 0 Å². The van der Waals surface area contributed by atoms with Gasteiger partial charge in [0.2, 0.25) is 0 Å². The van der Waals surface area contributed by atoms with E-state index in [1.54, 1.807) is 12.7 Å². The van der Waals surface area contributed by atoms with Crippen LogP contribution in [0.5, 0.6) is 0 Å². The van der Waals surface area contributed by atoms with Crippen LogP contribution in [0, 0.1) is 0 Å². The quantitative estimate of drug-likeness (QED) is 0.508. The zero-order valence-corrected chi connectivity index (χ0v) is 7.11. The van der Waals surface area contributed by atoms with E-state index in [9.17, 15) is 0 Å². The summed E-state index contributed by atoms with van der Waals surface area (Å²) in [7, 11) is 1.80. The highest BCUT2D eigenvalue weighted by atomic mass is 16.5. The smallest absolute Gasteiger partial charge is 0.0611 e. The highest BCUT2D eigenvalue weighted by Gasteiger charge is 2.14. The van der Waals surface area contributed by atoms with Crippen LogP contribution in [-0.4, -0.2) is 13.2 Å². The second kappa shape index (κ2) is 3.20. The summed E-state index contributed by atoms with van der Waals surface area (Å²) in [6.07, 6.45) is 4.07. The Balaban J connectivity index is 2.54. The Labute approximate surface area is 63.1 Å². The Morgan fingerprint density at radius 1 is 1.30 bits per heavy atom. The van der Waals surface area contributed by atoms with Gasteiger partial charge < -0.3 is 4.74 Å². The summed E-state index contributed by atoms with van der Waals surface area (Å²) < 4.78 is 5.28. The maximum absolute atomic E-state index is 5.28. The van der Waals surface area contributed by atoms with E-state index in [0.29, 0.717) is 6.10 Å². The summed E-state index contributed by atoms with van der Waals surface area (Å²) in [5, 5.41) is 0. The molecule has 0 fully saturated rings. The molecule has 0 saturated carbocycles. The van der Waals surface area contributed by atoms with Crippen LogP contribution in [0.1, 0.15) is 33.1 Å². The van der Waals surface area contributed by atoms with E-state index in [0.717, 1.165) is 6.42 Å². The molecule has 0 aliphatic heterocycles. The molecule has 0 spiro atoms. The van der Waals surface area contributed by atoms with Crippen LogP contribution in [0.3, 0.4) is 0 Å². The number of methoxy groups -OCH3 is 1. The van der Waals surface area contributed by atoms with Gasteiger partial charge in [0.25, 0.3) is 0 Å². The van der Waals surface area contributed by atoms with Crippen molar-refractivity contribution in [1.29, 1.82) is 0 Å². The maximum Gasteiger partial charge on any atom is 0.0611 e. The van der Waals surface area contributed by atoms with Crippen molar-refractivity contribution in [3.63, 3.8) is 0 Å². The van der Waals surface area contributed by atoms with Gasteiger partial charge in [0.05, 0.1) is 6.10 Å². The van der Waals surface area contributed by atoms with Crippen molar-refractivity contribution in [2.24, 2.45) is 0 Å². The van der Waals surface area contributed by atoms with Crippen molar-refractivity contribution in [3.05, 3.63) is 11.1 Å². The first kappa shape index (κ1) is 7.80. The minimum Gasteiger partial charge on any atom is -0.381 e. The van der Waals surface area contributed by atoms with Gasteiger partial charge in [0, 0.05) is 7.11 Å². The van der Waals surface area contributed by atoms with E-state index in [2.05, 4.69) is 13.8 Å². The second-order valence-corrected chi connectivity index (χ2v) is 3.16. The number of rotatable bonds is 1. The van der Waals surface area contributed by atoms with Gasteiger partial charge in [0.15, 0.2) is 0 Å². The summed E-state index contributed by atoms with van der Waals surface area (Å²) >= 11 is 0. The van der Waals surface area contributed by atoms with Crippen molar-refractivity contribution in [1.82, 2.24) is 0 Å². The molecule has 0 radical (unpaired) electrons. The molecule has 0 heterocycles. The molecule has 1 aliphatic carbocycles. The number of ether oxygens (including phenoxy) is 1. The topological polar surface area (TPSA) is 9.23 Å². The fourth-order valence-corrected chi connectivity index (χ4v) is 1.41. The van der Waals surface area contributed by atoms with Crippen molar-refractivity contribution in [3.8, 4) is 0 Å². The molecule has 1 unspecified atom stereocenters. The van der Waals surface area contributed by atoms with E-state index >= 15 is 0 Å². The molecule has 0 saturated heterocycles. The molecule has 0 bridgehead atoms. The molecule has 58 valence electrons. The van der Waals surface area contributed by atoms with Gasteiger partial charge in [-0.25, -0.2) is 0 Å². The summed E-state index contributed by atoms with van der Waals surface area (Å²) in [6, 6.07) is 0. The van der Waals surface area contributed by atoms with Crippen molar-refractivity contribution in [2.45, 2.75) is 39.2 Å². The zero-order valence-electron chi connectivity index (χ0n) is 7.11. The summed E-state index contributed by atoms with van der Waals surface area (Å²) in [6.45, 7) is 4.43. The van der Waals surface area contributed by atoms with Crippen molar-refractivity contribution in [2.75, 3.05) is 7.11 Å². The summed E-state index contributed by atoms with van der Waals surface area (Å²) in [5.41, 5.74) is 3.09. The molecular weight excluding hydrogens is 124 g/mol. The molecule has 0 N–H and O–H groups in total. The third kappa shape index (κ3) is 1.60. The molecule has 1 aliphatic rings. The van der Waals surface area contributed by atoms with E-state index in [4.69, 9.17) is 4.74 Å². The van der Waals surface area contributed by atoms with Crippen LogP contribution < -0.4 is 0 Å². The predicted octanol–water partition coefficient (Wildman–Crippen LogP) is 2.52. The fraction of sp³-hybridized carbons (Fsp3) is 0.778. The van der Waals surface area contributed by atoms with Gasteiger partial charge in [-0.15, -0.1) is 0 Å². The molecule has 0 amide bonds. The molecule has 1 rings (SSSR count). The van der Waals surface area contributed by atoms with Crippen LogP contribution >= 0.6 is 0 Å². The van der Waals surface area contributed by atoms with Crippen LogP contribution in [0.4, 0.5) is 0 Å². The Hall–Kier alpha value is -0.300. The zero-order chi connectivity index (χ0) is 7.56. The third-order valence-electron chi connectivity index (χ3n) is 2.44. The second-order valence-electron chi connectivity index (χ2n) is 3.16. The van der Waals surface area contributed by atoms with Gasteiger partial charge in [-0.1, -0.05) is 11.1 Å². The lowest BCUT2D eigenvalue weighted by Gasteiger charge is -2.22. The maximum atomic E-state index is 5.28. The summed E-state index contributed by atoms with van der Waals surface area (Å²) in [5.74, 6) is 0.